The normalized spacial score (nSPS) is 13.8. The molecule has 1 amide bonds. The lowest BCUT2D eigenvalue weighted by atomic mass is 9.74. The molecule has 410 valence electrons. The van der Waals surface area contributed by atoms with Crippen LogP contribution in [-0.4, -0.2) is 89.7 Å². The summed E-state index contributed by atoms with van der Waals surface area (Å²) in [4.78, 5) is 33.4. The van der Waals surface area contributed by atoms with E-state index in [-0.39, 0.29) is 72.1 Å². The standard InChI is InChI=1S/C48H88N5O8P.C6H5NO3/c1-41(2,3)27-43(7,8)21-23-57-25-35(58-24-22-44(9,10)28-42(4,5)6)26-60-62-34-48(17,18)30-47(15,16)33-59-40(54)50-32-46(13,14)29-45(11,12)31-49-36-19-20-37(53(55)56)39-38(36)51-61-52-39;8-6-3-1-5(2-4-6)7(9)10/h19-20,35,49,62H,21-34H2,1-18H3,(H,50,54);1-4,8H. The largest absolute Gasteiger partial charge is 0.508 e. The van der Waals surface area contributed by atoms with Gasteiger partial charge in [-0.2, -0.15) is 0 Å². The number of hydrogen-bond donors (Lipinski definition) is 3. The Balaban J connectivity index is 0.00000157. The Morgan fingerprint density at radius 1 is 0.667 bits per heavy atom. The Morgan fingerprint density at radius 2 is 1.21 bits per heavy atom. The molecule has 0 saturated heterocycles. The SMILES string of the molecule is CC(C)(C)CC(C)(C)CCOCC(COPCC(C)(C)CC(C)(C)COC(=O)NCC(C)(C)CC(C)(C)CNc1ccc([N+](=O)[O-])c2nonc12)OCCC(C)(C)CC(C)(C)C.O=[N+]([O-])c1ccc(O)cc1. The van der Waals surface area contributed by atoms with Crippen LogP contribution in [0.15, 0.2) is 41.0 Å². The summed E-state index contributed by atoms with van der Waals surface area (Å²) >= 11 is 0. The van der Waals surface area contributed by atoms with Gasteiger partial charge >= 0.3 is 11.8 Å². The molecule has 0 bridgehead atoms. The fraction of sp³-hybridized carbons (Fsp3) is 0.759. The summed E-state index contributed by atoms with van der Waals surface area (Å²) in [5.41, 5.74) is 1.08. The number of benzene rings is 2. The highest BCUT2D eigenvalue weighted by Crippen LogP contribution is 2.40. The number of carbonyl (C=O) groups is 1. The van der Waals surface area contributed by atoms with E-state index >= 15 is 0 Å². The van der Waals surface area contributed by atoms with Gasteiger partial charge in [0.25, 0.3) is 5.69 Å². The molecule has 3 aromatic rings. The van der Waals surface area contributed by atoms with Crippen LogP contribution in [0.2, 0.25) is 0 Å². The minimum Gasteiger partial charge on any atom is -0.508 e. The molecule has 2 unspecified atom stereocenters. The highest BCUT2D eigenvalue weighted by molar-refractivity contribution is 7.32. The minimum absolute atomic E-state index is 0.0159. The number of ether oxygens (including phenoxy) is 3. The third kappa shape index (κ3) is 26.7. The molecule has 0 aliphatic carbocycles. The van der Waals surface area contributed by atoms with Crippen molar-refractivity contribution in [3.05, 3.63) is 56.6 Å². The number of nitro groups is 2. The van der Waals surface area contributed by atoms with Crippen LogP contribution in [0.25, 0.3) is 11.0 Å². The van der Waals surface area contributed by atoms with Crippen molar-refractivity contribution in [2.45, 2.75) is 169 Å². The van der Waals surface area contributed by atoms with Crippen LogP contribution in [0.3, 0.4) is 0 Å². The van der Waals surface area contributed by atoms with Crippen molar-refractivity contribution in [3.63, 3.8) is 0 Å². The third-order valence-corrected chi connectivity index (χ3v) is 13.4. The first-order valence-electron chi connectivity index (χ1n) is 25.3. The fourth-order valence-electron chi connectivity index (χ4n) is 10.2. The van der Waals surface area contributed by atoms with Gasteiger partial charge in [0, 0.05) is 53.3 Å². The quantitative estimate of drug-likeness (QED) is 0.0255. The number of amides is 1. The summed E-state index contributed by atoms with van der Waals surface area (Å²) < 4.78 is 29.6. The molecule has 0 aliphatic heterocycles. The Bertz CT molecular complexity index is 2140. The molecule has 17 nitrogen and oxygen atoms in total. The Kier molecular flexibility index (Phi) is 23.8. The summed E-state index contributed by atoms with van der Waals surface area (Å²) in [5, 5.41) is 44.1. The first kappa shape index (κ1) is 63.9. The van der Waals surface area contributed by atoms with Gasteiger partial charge in [-0.3, -0.25) is 20.2 Å². The third-order valence-electron chi connectivity index (χ3n) is 11.9. The maximum absolute atomic E-state index is 13.0. The second-order valence-corrected chi connectivity index (χ2v) is 27.9. The van der Waals surface area contributed by atoms with Crippen LogP contribution < -0.4 is 10.6 Å². The number of phenolic OH excluding ortho intramolecular Hbond substituents is 1. The number of fused-ring (bicyclic) bond motifs is 1. The average Bonchev–Trinajstić information content (AvgIpc) is 3.70. The lowest BCUT2D eigenvalue weighted by molar-refractivity contribution is -0.384. The van der Waals surface area contributed by atoms with Crippen LogP contribution in [0.5, 0.6) is 5.75 Å². The Labute approximate surface area is 432 Å². The highest BCUT2D eigenvalue weighted by atomic mass is 31.1. The van der Waals surface area contributed by atoms with E-state index in [0.717, 1.165) is 44.7 Å². The van der Waals surface area contributed by atoms with Gasteiger partial charge in [0.2, 0.25) is 5.52 Å². The van der Waals surface area contributed by atoms with E-state index in [1.807, 2.05) is 0 Å². The second kappa shape index (κ2) is 26.9. The van der Waals surface area contributed by atoms with Crippen molar-refractivity contribution in [2.24, 2.45) is 43.3 Å². The summed E-state index contributed by atoms with van der Waals surface area (Å²) in [6.45, 7) is 44.1. The second-order valence-electron chi connectivity index (χ2n) is 26.9. The maximum Gasteiger partial charge on any atom is 0.407 e. The van der Waals surface area contributed by atoms with Crippen molar-refractivity contribution >= 4 is 43.0 Å². The molecule has 0 saturated carbocycles. The summed E-state index contributed by atoms with van der Waals surface area (Å²) in [7, 11) is 0.316. The van der Waals surface area contributed by atoms with Crippen molar-refractivity contribution < 1.29 is 43.1 Å². The molecular formula is C54H93N6O11P. The number of nitrogens with zero attached hydrogens (tertiary/aromatic N) is 4. The van der Waals surface area contributed by atoms with Gasteiger partial charge in [-0.05, 0) is 117 Å². The zero-order chi connectivity index (χ0) is 55.0. The number of alkyl carbamates (subject to hydrolysis) is 1. The molecule has 0 spiro atoms. The predicted octanol–water partition coefficient (Wildman–Crippen LogP) is 14.2. The van der Waals surface area contributed by atoms with E-state index in [1.165, 1.54) is 30.3 Å². The van der Waals surface area contributed by atoms with Crippen molar-refractivity contribution in [1.29, 1.82) is 0 Å². The number of nitrogens with one attached hydrogen (secondary N) is 2. The van der Waals surface area contributed by atoms with Crippen LogP contribution in [0, 0.1) is 63.5 Å². The molecule has 18 heteroatoms. The van der Waals surface area contributed by atoms with Gasteiger partial charge in [0.05, 0.1) is 35.4 Å². The van der Waals surface area contributed by atoms with E-state index in [0.29, 0.717) is 66.1 Å². The smallest absolute Gasteiger partial charge is 0.407 e. The van der Waals surface area contributed by atoms with Gasteiger partial charge in [-0.25, -0.2) is 9.42 Å². The number of aromatic hydroxyl groups is 1. The molecule has 0 fully saturated rings. The number of nitro benzene ring substituents is 2. The van der Waals surface area contributed by atoms with Crippen molar-refractivity contribution in [2.75, 3.05) is 57.6 Å². The van der Waals surface area contributed by atoms with Crippen LogP contribution in [0.1, 0.15) is 163 Å². The molecule has 72 heavy (non-hydrogen) atoms. The summed E-state index contributed by atoms with van der Waals surface area (Å²) in [5.74, 6) is 0.0330. The monoisotopic (exact) mass is 1030 g/mol. The fourth-order valence-corrected chi connectivity index (χ4v) is 11.1. The zero-order valence-corrected chi connectivity index (χ0v) is 48.3. The van der Waals surface area contributed by atoms with E-state index in [2.05, 4.69) is 146 Å². The summed E-state index contributed by atoms with van der Waals surface area (Å²) in [6.07, 6.45) is 6.23. The molecule has 3 rings (SSSR count). The summed E-state index contributed by atoms with van der Waals surface area (Å²) in [6, 6.07) is 8.06. The van der Waals surface area contributed by atoms with Gasteiger partial charge in [-0.1, -0.05) is 125 Å². The van der Waals surface area contributed by atoms with Crippen molar-refractivity contribution in [1.82, 2.24) is 15.6 Å². The first-order chi connectivity index (χ1) is 32.8. The van der Waals surface area contributed by atoms with Gasteiger partial charge in [-0.15, -0.1) is 0 Å². The topological polar surface area (TPSA) is 223 Å². The van der Waals surface area contributed by atoms with Crippen LogP contribution in [0.4, 0.5) is 21.9 Å². The molecular weight excluding hydrogens is 940 g/mol. The van der Waals surface area contributed by atoms with E-state index < -0.39 is 15.9 Å². The molecule has 1 heterocycles. The highest BCUT2D eigenvalue weighted by Gasteiger charge is 2.33. The van der Waals surface area contributed by atoms with Crippen LogP contribution in [-0.2, 0) is 18.7 Å². The molecule has 0 radical (unpaired) electrons. The van der Waals surface area contributed by atoms with Gasteiger partial charge in [0.1, 0.15) is 11.9 Å². The lowest BCUT2D eigenvalue weighted by Gasteiger charge is -2.36. The number of rotatable bonds is 29. The molecule has 0 aliphatic rings. The number of non-ortho nitro benzene ring substituents is 2. The van der Waals surface area contributed by atoms with E-state index in [1.54, 1.807) is 6.07 Å². The Morgan fingerprint density at radius 3 is 1.76 bits per heavy atom. The van der Waals surface area contributed by atoms with Crippen molar-refractivity contribution in [3.8, 4) is 5.75 Å². The molecule has 2 aromatic carbocycles. The number of phenols is 1. The van der Waals surface area contributed by atoms with Gasteiger partial charge < -0.3 is 34.5 Å². The lowest BCUT2D eigenvalue weighted by Crippen LogP contribution is -2.39. The van der Waals surface area contributed by atoms with E-state index in [9.17, 15) is 25.0 Å². The minimum atomic E-state index is -0.514. The van der Waals surface area contributed by atoms with Gasteiger partial charge in [0.15, 0.2) is 5.52 Å². The number of aromatic nitrogens is 2. The molecule has 2 atom stereocenters. The number of anilines is 1. The molecule has 1 aromatic heterocycles. The van der Waals surface area contributed by atoms with Crippen LogP contribution >= 0.6 is 8.81 Å². The first-order valence-corrected chi connectivity index (χ1v) is 26.4. The number of hydrogen-bond acceptors (Lipinski definition) is 14. The van der Waals surface area contributed by atoms with E-state index in [4.69, 9.17) is 28.5 Å². The molecule has 3 N–H and O–H groups in total. The average molecular weight is 1030 g/mol. The Hall–Kier alpha value is -4.18. The maximum atomic E-state index is 13.0. The number of carbonyl (C=O) groups excluding carboxylic acids is 1. The zero-order valence-electron chi connectivity index (χ0n) is 47.3. The predicted molar refractivity (Wildman–Crippen MR) is 290 cm³/mol.